The van der Waals surface area contributed by atoms with Crippen LogP contribution in [0.25, 0.3) is 5.00 Å². The van der Waals surface area contributed by atoms with Crippen LogP contribution in [0.1, 0.15) is 50.6 Å². The predicted molar refractivity (Wildman–Crippen MR) is 119 cm³/mol. The Hall–Kier alpha value is -3.53. The Morgan fingerprint density at radius 1 is 1.35 bits per heavy atom. The van der Waals surface area contributed by atoms with E-state index in [9.17, 15) is 20.0 Å². The minimum absolute atomic E-state index is 0.0917. The molecule has 1 aliphatic rings. The average molecular weight is 439 g/mol. The maximum atomic E-state index is 12.1. The summed E-state index contributed by atoms with van der Waals surface area (Å²) in [4.78, 5) is 27.4. The molecule has 0 spiro atoms. The van der Waals surface area contributed by atoms with Crippen LogP contribution >= 0.6 is 11.3 Å². The third kappa shape index (κ3) is 3.93. The molecule has 160 valence electrons. The number of hydrogen-bond acceptors (Lipinski definition) is 7. The number of rotatable bonds is 6. The fourth-order valence-electron chi connectivity index (χ4n) is 3.89. The topological polar surface area (TPSA) is 123 Å². The lowest BCUT2D eigenvalue weighted by Crippen LogP contribution is -2.09. The van der Waals surface area contributed by atoms with Crippen LogP contribution in [0.3, 0.4) is 0 Å². The molecule has 0 radical (unpaired) electrons. The van der Waals surface area contributed by atoms with Gasteiger partial charge in [0.1, 0.15) is 17.0 Å². The molecular formula is C21H21N5O4S. The molecule has 0 bridgehead atoms. The molecule has 1 aliphatic carbocycles. The number of aromatic carboxylic acids is 1. The third-order valence-corrected chi connectivity index (χ3v) is 6.66. The van der Waals surface area contributed by atoms with E-state index >= 15 is 0 Å². The number of fused-ring (bicyclic) bond motifs is 1. The SMILES string of the molecule is Cc1cc(C=NNc2ccc([N+](=O)[O-])cn2)c(C)n1-c1sc2c(c1C(=O)O)CCCC2. The number of thiophene rings is 1. The molecule has 3 aromatic heterocycles. The van der Waals surface area contributed by atoms with E-state index < -0.39 is 10.9 Å². The number of hydrazone groups is 1. The van der Waals surface area contributed by atoms with Gasteiger partial charge in [0, 0.05) is 27.9 Å². The van der Waals surface area contributed by atoms with Crippen molar-refractivity contribution in [2.75, 3.05) is 5.43 Å². The molecule has 0 aromatic carbocycles. The number of carboxylic acid groups (broad SMARTS) is 1. The van der Waals surface area contributed by atoms with Crippen molar-refractivity contribution >= 4 is 35.0 Å². The molecule has 0 saturated carbocycles. The maximum absolute atomic E-state index is 12.1. The van der Waals surface area contributed by atoms with Gasteiger partial charge in [0.25, 0.3) is 5.69 Å². The van der Waals surface area contributed by atoms with Crippen LogP contribution in [0, 0.1) is 24.0 Å². The number of anilines is 1. The number of pyridine rings is 1. The third-order valence-electron chi connectivity index (χ3n) is 5.38. The van der Waals surface area contributed by atoms with Gasteiger partial charge in [0.15, 0.2) is 0 Å². The zero-order valence-corrected chi connectivity index (χ0v) is 17.9. The van der Waals surface area contributed by atoms with Crippen LogP contribution in [-0.4, -0.2) is 31.8 Å². The van der Waals surface area contributed by atoms with Gasteiger partial charge in [-0.25, -0.2) is 9.78 Å². The zero-order valence-electron chi connectivity index (χ0n) is 17.1. The molecule has 0 amide bonds. The highest BCUT2D eigenvalue weighted by Gasteiger charge is 2.27. The van der Waals surface area contributed by atoms with E-state index in [0.29, 0.717) is 11.4 Å². The molecule has 0 fully saturated rings. The highest BCUT2D eigenvalue weighted by atomic mass is 32.1. The van der Waals surface area contributed by atoms with Gasteiger partial charge in [-0.05, 0) is 57.2 Å². The van der Waals surface area contributed by atoms with E-state index in [1.807, 2.05) is 24.5 Å². The fourth-order valence-corrected chi connectivity index (χ4v) is 5.38. The summed E-state index contributed by atoms with van der Waals surface area (Å²) in [6.07, 6.45) is 6.66. The van der Waals surface area contributed by atoms with Gasteiger partial charge in [0.2, 0.25) is 0 Å². The Labute approximate surface area is 182 Å². The molecule has 0 unspecified atom stereocenters. The Morgan fingerprint density at radius 3 is 2.81 bits per heavy atom. The normalized spacial score (nSPS) is 13.4. The molecule has 31 heavy (non-hydrogen) atoms. The standard InChI is InChI=1S/C21H21N5O4S/c1-12-9-14(10-23-24-18-8-7-15(11-22-18)26(29)30)13(2)25(12)20-19(21(27)28)16-5-3-4-6-17(16)31-20/h7-11H,3-6H2,1-2H3,(H,22,24)(H,27,28). The van der Waals surface area contributed by atoms with Gasteiger partial charge in [-0.1, -0.05) is 0 Å². The molecule has 10 heteroatoms. The molecule has 2 N–H and O–H groups in total. The summed E-state index contributed by atoms with van der Waals surface area (Å²) in [5, 5.41) is 25.5. The van der Waals surface area contributed by atoms with Crippen LogP contribution in [0.4, 0.5) is 11.5 Å². The van der Waals surface area contributed by atoms with Crippen molar-refractivity contribution in [2.45, 2.75) is 39.5 Å². The first-order valence-corrected chi connectivity index (χ1v) is 10.6. The summed E-state index contributed by atoms with van der Waals surface area (Å²) in [7, 11) is 0. The van der Waals surface area contributed by atoms with Crippen molar-refractivity contribution in [3.63, 3.8) is 0 Å². The minimum atomic E-state index is -0.886. The lowest BCUT2D eigenvalue weighted by molar-refractivity contribution is -0.385. The van der Waals surface area contributed by atoms with Crippen LogP contribution in [0.15, 0.2) is 29.5 Å². The average Bonchev–Trinajstić information content (AvgIpc) is 3.25. The summed E-state index contributed by atoms with van der Waals surface area (Å²) in [5.74, 6) is -0.502. The van der Waals surface area contributed by atoms with Gasteiger partial charge >= 0.3 is 5.97 Å². The predicted octanol–water partition coefficient (Wildman–Crippen LogP) is 4.48. The molecular weight excluding hydrogens is 418 g/mol. The Morgan fingerprint density at radius 2 is 2.13 bits per heavy atom. The second-order valence-electron chi connectivity index (χ2n) is 7.39. The molecule has 3 heterocycles. The summed E-state index contributed by atoms with van der Waals surface area (Å²) >= 11 is 1.57. The monoisotopic (exact) mass is 439 g/mol. The minimum Gasteiger partial charge on any atom is -0.478 e. The number of nitro groups is 1. The molecule has 0 saturated heterocycles. The quantitative estimate of drug-likeness (QED) is 0.332. The van der Waals surface area contributed by atoms with Crippen molar-refractivity contribution in [3.8, 4) is 5.00 Å². The number of nitrogens with one attached hydrogen (secondary N) is 1. The first-order valence-electron chi connectivity index (χ1n) is 9.83. The van der Waals surface area contributed by atoms with Gasteiger partial charge in [-0.15, -0.1) is 11.3 Å². The van der Waals surface area contributed by atoms with Crippen molar-refractivity contribution in [3.05, 3.63) is 67.5 Å². The van der Waals surface area contributed by atoms with E-state index in [2.05, 4.69) is 15.5 Å². The van der Waals surface area contributed by atoms with Crippen molar-refractivity contribution < 1.29 is 14.8 Å². The lowest BCUT2D eigenvalue weighted by Gasteiger charge is -2.11. The Kier molecular flexibility index (Phi) is 5.55. The van der Waals surface area contributed by atoms with Crippen LogP contribution < -0.4 is 5.43 Å². The second-order valence-corrected chi connectivity index (χ2v) is 8.47. The van der Waals surface area contributed by atoms with Gasteiger partial charge < -0.3 is 9.67 Å². The van der Waals surface area contributed by atoms with E-state index in [1.165, 1.54) is 17.0 Å². The maximum Gasteiger partial charge on any atom is 0.339 e. The fraction of sp³-hybridized carbons (Fsp3) is 0.286. The summed E-state index contributed by atoms with van der Waals surface area (Å²) in [5.41, 5.74) is 6.72. The Bertz CT molecular complexity index is 1190. The number of aryl methyl sites for hydroxylation is 2. The highest BCUT2D eigenvalue weighted by molar-refractivity contribution is 7.15. The van der Waals surface area contributed by atoms with E-state index in [-0.39, 0.29) is 5.69 Å². The summed E-state index contributed by atoms with van der Waals surface area (Å²) < 4.78 is 1.98. The lowest BCUT2D eigenvalue weighted by atomic mass is 9.95. The van der Waals surface area contributed by atoms with Gasteiger partial charge in [0.05, 0.1) is 16.7 Å². The first kappa shape index (κ1) is 20.7. The number of aromatic nitrogens is 2. The Balaban J connectivity index is 1.62. The van der Waals surface area contributed by atoms with E-state index in [0.717, 1.165) is 59.4 Å². The van der Waals surface area contributed by atoms with E-state index in [4.69, 9.17) is 0 Å². The molecule has 0 aliphatic heterocycles. The molecule has 4 rings (SSSR count). The van der Waals surface area contributed by atoms with Crippen LogP contribution in [0.2, 0.25) is 0 Å². The summed E-state index contributed by atoms with van der Waals surface area (Å²) in [6, 6.07) is 4.78. The zero-order chi connectivity index (χ0) is 22.1. The van der Waals surface area contributed by atoms with E-state index in [1.54, 1.807) is 17.6 Å². The van der Waals surface area contributed by atoms with Crippen molar-refractivity contribution in [2.24, 2.45) is 5.10 Å². The van der Waals surface area contributed by atoms with Gasteiger partial charge in [-0.3, -0.25) is 15.5 Å². The number of carbonyl (C=O) groups is 1. The molecule has 3 aromatic rings. The highest BCUT2D eigenvalue weighted by Crippen LogP contribution is 2.38. The number of carboxylic acids is 1. The van der Waals surface area contributed by atoms with Crippen LogP contribution in [0.5, 0.6) is 0 Å². The second kappa shape index (κ2) is 8.31. The van der Waals surface area contributed by atoms with Crippen molar-refractivity contribution in [1.29, 1.82) is 0 Å². The first-order chi connectivity index (χ1) is 14.9. The molecule has 0 atom stereocenters. The largest absolute Gasteiger partial charge is 0.478 e. The van der Waals surface area contributed by atoms with Gasteiger partial charge in [-0.2, -0.15) is 5.10 Å². The summed E-state index contributed by atoms with van der Waals surface area (Å²) in [6.45, 7) is 3.88. The van der Waals surface area contributed by atoms with Crippen molar-refractivity contribution in [1.82, 2.24) is 9.55 Å². The number of hydrogen-bond donors (Lipinski definition) is 2. The van der Waals surface area contributed by atoms with Crippen LogP contribution in [-0.2, 0) is 12.8 Å². The number of nitrogens with zero attached hydrogens (tertiary/aromatic N) is 4. The molecule has 9 nitrogen and oxygen atoms in total. The smallest absolute Gasteiger partial charge is 0.339 e.